The number of benzene rings is 1. The molecule has 1 aromatic heterocycles. The number of rotatable bonds is 5. The Morgan fingerprint density at radius 3 is 2.19 bits per heavy atom. The largest absolute Gasteiger partial charge is 0.497 e. The molecule has 10 nitrogen and oxygen atoms in total. The number of pyridine rings is 1. The predicted molar refractivity (Wildman–Crippen MR) is 110 cm³/mol. The summed E-state index contributed by atoms with van der Waals surface area (Å²) >= 11 is 0. The van der Waals surface area contributed by atoms with Crippen LogP contribution in [0.15, 0.2) is 42.7 Å². The highest BCUT2D eigenvalue weighted by Crippen LogP contribution is 2.26. The number of ether oxygens (including phenoxy) is 2. The molecule has 0 bridgehead atoms. The number of carboxylic acids is 2. The van der Waals surface area contributed by atoms with E-state index in [-0.39, 0.29) is 5.91 Å². The van der Waals surface area contributed by atoms with Gasteiger partial charge in [0.1, 0.15) is 11.5 Å². The summed E-state index contributed by atoms with van der Waals surface area (Å²) in [6.45, 7) is 3.89. The lowest BCUT2D eigenvalue weighted by Gasteiger charge is -2.35. The van der Waals surface area contributed by atoms with Crippen molar-refractivity contribution in [3.8, 4) is 11.5 Å². The molecule has 1 amide bonds. The fourth-order valence-corrected chi connectivity index (χ4v) is 3.00. The van der Waals surface area contributed by atoms with Gasteiger partial charge in [-0.1, -0.05) is 6.07 Å². The Bertz CT molecular complexity index is 885. The van der Waals surface area contributed by atoms with Gasteiger partial charge in [-0.3, -0.25) is 14.7 Å². The highest BCUT2D eigenvalue weighted by Gasteiger charge is 2.23. The first-order valence-corrected chi connectivity index (χ1v) is 9.44. The number of carbonyl (C=O) groups excluding carboxylic acids is 1. The molecule has 1 aliphatic heterocycles. The van der Waals surface area contributed by atoms with Crippen LogP contribution in [0.25, 0.3) is 0 Å². The second-order valence-corrected chi connectivity index (χ2v) is 6.60. The number of hydrogen-bond acceptors (Lipinski definition) is 7. The maximum atomic E-state index is 12.5. The van der Waals surface area contributed by atoms with E-state index < -0.39 is 11.9 Å². The molecule has 0 unspecified atom stereocenters. The Morgan fingerprint density at radius 1 is 1.00 bits per heavy atom. The van der Waals surface area contributed by atoms with Gasteiger partial charge in [0.2, 0.25) is 0 Å². The van der Waals surface area contributed by atoms with Crippen molar-refractivity contribution in [1.82, 2.24) is 14.8 Å². The quantitative estimate of drug-likeness (QED) is 0.671. The van der Waals surface area contributed by atoms with Gasteiger partial charge >= 0.3 is 11.9 Å². The summed E-state index contributed by atoms with van der Waals surface area (Å²) in [5, 5.41) is 14.8. The monoisotopic (exact) mass is 431 g/mol. The first kappa shape index (κ1) is 23.6. The fourth-order valence-electron chi connectivity index (χ4n) is 3.00. The van der Waals surface area contributed by atoms with Crippen LogP contribution in [0.3, 0.4) is 0 Å². The lowest BCUT2D eigenvalue weighted by atomic mass is 10.1. The van der Waals surface area contributed by atoms with Crippen molar-refractivity contribution in [2.24, 2.45) is 0 Å². The van der Waals surface area contributed by atoms with Crippen LogP contribution in [-0.4, -0.2) is 83.2 Å². The molecule has 2 aromatic rings. The molecule has 3 rings (SSSR count). The number of amides is 1. The van der Waals surface area contributed by atoms with E-state index in [0.717, 1.165) is 36.7 Å². The Balaban J connectivity index is 0.000000501. The summed E-state index contributed by atoms with van der Waals surface area (Å²) in [5.41, 5.74) is 1.77. The minimum Gasteiger partial charge on any atom is -0.497 e. The van der Waals surface area contributed by atoms with E-state index in [4.69, 9.17) is 29.3 Å². The highest BCUT2D eigenvalue weighted by molar-refractivity contribution is 6.27. The van der Waals surface area contributed by atoms with Crippen molar-refractivity contribution in [3.63, 3.8) is 0 Å². The van der Waals surface area contributed by atoms with Crippen molar-refractivity contribution in [2.45, 2.75) is 6.54 Å². The van der Waals surface area contributed by atoms with Crippen LogP contribution in [0.5, 0.6) is 11.5 Å². The molecule has 0 radical (unpaired) electrons. The van der Waals surface area contributed by atoms with Crippen LogP contribution in [0.1, 0.15) is 15.9 Å². The van der Waals surface area contributed by atoms with Crippen LogP contribution in [-0.2, 0) is 16.1 Å². The average molecular weight is 431 g/mol. The molecular weight excluding hydrogens is 406 g/mol. The van der Waals surface area contributed by atoms with Gasteiger partial charge in [-0.15, -0.1) is 0 Å². The number of aromatic nitrogens is 1. The Labute approximate surface area is 179 Å². The third-order valence-corrected chi connectivity index (χ3v) is 4.64. The van der Waals surface area contributed by atoms with Gasteiger partial charge in [0, 0.05) is 56.7 Å². The van der Waals surface area contributed by atoms with Gasteiger partial charge in [-0.05, 0) is 18.2 Å². The summed E-state index contributed by atoms with van der Waals surface area (Å²) in [6.07, 6.45) is 3.30. The third-order valence-electron chi connectivity index (χ3n) is 4.64. The van der Waals surface area contributed by atoms with E-state index in [2.05, 4.69) is 9.88 Å². The zero-order chi connectivity index (χ0) is 22.8. The van der Waals surface area contributed by atoms with Gasteiger partial charge in [0.05, 0.1) is 19.8 Å². The van der Waals surface area contributed by atoms with Gasteiger partial charge in [0.15, 0.2) is 0 Å². The first-order valence-electron chi connectivity index (χ1n) is 9.44. The van der Waals surface area contributed by atoms with Crippen LogP contribution < -0.4 is 9.47 Å². The number of carboxylic acid groups (broad SMARTS) is 2. The van der Waals surface area contributed by atoms with Crippen molar-refractivity contribution >= 4 is 17.8 Å². The molecule has 0 spiro atoms. The van der Waals surface area contributed by atoms with Gasteiger partial charge in [0.25, 0.3) is 5.91 Å². The van der Waals surface area contributed by atoms with E-state index in [0.29, 0.717) is 18.7 Å². The van der Waals surface area contributed by atoms with Gasteiger partial charge in [-0.25, -0.2) is 9.59 Å². The van der Waals surface area contributed by atoms with E-state index in [1.54, 1.807) is 32.7 Å². The molecule has 31 heavy (non-hydrogen) atoms. The summed E-state index contributed by atoms with van der Waals surface area (Å²) in [4.78, 5) is 38.9. The minimum atomic E-state index is -1.82. The standard InChI is InChI=1S/C19H23N3O3.C2H2O4/c1-24-17-6-5-16(18(12-17)25-2)14-21-8-10-22(11-9-21)19(23)15-4-3-7-20-13-15;3-1(4)2(5)6/h3-7,12-13H,8-11,14H2,1-2H3;(H,3,4)(H,5,6). The second kappa shape index (κ2) is 11.5. The van der Waals surface area contributed by atoms with Crippen LogP contribution in [0.4, 0.5) is 0 Å². The molecule has 10 heteroatoms. The number of nitrogens with zero attached hydrogens (tertiary/aromatic N) is 3. The molecule has 0 saturated carbocycles. The van der Waals surface area contributed by atoms with E-state index in [9.17, 15) is 4.79 Å². The topological polar surface area (TPSA) is 130 Å². The average Bonchev–Trinajstić information content (AvgIpc) is 2.80. The Morgan fingerprint density at radius 2 is 1.68 bits per heavy atom. The smallest absolute Gasteiger partial charge is 0.414 e. The minimum absolute atomic E-state index is 0.0507. The van der Waals surface area contributed by atoms with E-state index in [1.807, 2.05) is 29.2 Å². The van der Waals surface area contributed by atoms with E-state index >= 15 is 0 Å². The molecule has 1 aromatic carbocycles. The van der Waals surface area contributed by atoms with Gasteiger partial charge < -0.3 is 24.6 Å². The molecule has 1 fully saturated rings. The third kappa shape index (κ3) is 6.96. The molecule has 0 aliphatic carbocycles. The molecule has 166 valence electrons. The normalized spacial score (nSPS) is 13.5. The second-order valence-electron chi connectivity index (χ2n) is 6.60. The number of hydrogen-bond donors (Lipinski definition) is 2. The van der Waals surface area contributed by atoms with E-state index in [1.165, 1.54) is 0 Å². The van der Waals surface area contributed by atoms with Crippen molar-refractivity contribution in [2.75, 3.05) is 40.4 Å². The zero-order valence-corrected chi connectivity index (χ0v) is 17.4. The summed E-state index contributed by atoms with van der Waals surface area (Å²) < 4.78 is 10.7. The number of aliphatic carboxylic acids is 2. The van der Waals surface area contributed by atoms with Gasteiger partial charge in [-0.2, -0.15) is 0 Å². The lowest BCUT2D eigenvalue weighted by molar-refractivity contribution is -0.159. The molecular formula is C21H25N3O7. The number of piperazine rings is 1. The maximum Gasteiger partial charge on any atom is 0.414 e. The van der Waals surface area contributed by atoms with Crippen LogP contribution in [0.2, 0.25) is 0 Å². The Kier molecular flexibility index (Phi) is 8.77. The molecule has 2 heterocycles. The lowest BCUT2D eigenvalue weighted by Crippen LogP contribution is -2.48. The first-order chi connectivity index (χ1) is 14.8. The molecule has 1 aliphatic rings. The fraction of sp³-hybridized carbons (Fsp3) is 0.333. The maximum absolute atomic E-state index is 12.5. The zero-order valence-electron chi connectivity index (χ0n) is 17.4. The molecule has 1 saturated heterocycles. The summed E-state index contributed by atoms with van der Waals surface area (Å²) in [5.74, 6) is -1.99. The van der Waals surface area contributed by atoms with Crippen molar-refractivity contribution < 1.29 is 34.1 Å². The van der Waals surface area contributed by atoms with Crippen LogP contribution >= 0.6 is 0 Å². The predicted octanol–water partition coefficient (Wildman–Crippen LogP) is 1.21. The van der Waals surface area contributed by atoms with Crippen molar-refractivity contribution in [1.29, 1.82) is 0 Å². The molecule has 2 N–H and O–H groups in total. The Hall–Kier alpha value is -3.66. The number of methoxy groups -OCH3 is 2. The summed E-state index contributed by atoms with van der Waals surface area (Å²) in [7, 11) is 3.32. The van der Waals surface area contributed by atoms with Crippen molar-refractivity contribution in [3.05, 3.63) is 53.9 Å². The summed E-state index contributed by atoms with van der Waals surface area (Å²) in [6, 6.07) is 9.48. The molecule has 0 atom stereocenters. The number of carbonyl (C=O) groups is 3. The highest BCUT2D eigenvalue weighted by atomic mass is 16.5. The SMILES string of the molecule is COc1ccc(CN2CCN(C(=O)c3cccnc3)CC2)c(OC)c1.O=C(O)C(=O)O. The van der Waals surface area contributed by atoms with Crippen LogP contribution in [0, 0.1) is 0 Å².